The molecule has 1 unspecified atom stereocenters. The summed E-state index contributed by atoms with van der Waals surface area (Å²) in [5.41, 5.74) is 2.98. The number of benzene rings is 2. The van der Waals surface area contributed by atoms with Crippen molar-refractivity contribution in [1.82, 2.24) is 9.62 Å². The first kappa shape index (κ1) is 25.0. The van der Waals surface area contributed by atoms with Gasteiger partial charge >= 0.3 is 0 Å². The van der Waals surface area contributed by atoms with Crippen LogP contribution in [0.5, 0.6) is 5.75 Å². The third-order valence-electron chi connectivity index (χ3n) is 6.54. The van der Waals surface area contributed by atoms with Gasteiger partial charge in [-0.3, -0.25) is 9.59 Å². The van der Waals surface area contributed by atoms with Crippen LogP contribution < -0.4 is 19.9 Å². The number of amides is 2. The zero-order valence-electron chi connectivity index (χ0n) is 20.1. The molecular formula is C25H32N4O5S. The third kappa shape index (κ3) is 5.94. The maximum atomic E-state index is 12.8. The number of carbonyl (C=O) groups excluding carboxylic acids is 2. The standard InChI is InChI=1S/C25H32N4O5S/c1-19-4-3-5-22(16-19)27-11-13-28(14-12-27)35(32,33)15-10-26-25(31)20-17-24(30)29(18-20)21-6-8-23(34-2)9-7-21/h3-9,16,20H,10-15,17-18H2,1-2H3,(H,26,31). The van der Waals surface area contributed by atoms with E-state index in [0.29, 0.717) is 37.6 Å². The van der Waals surface area contributed by atoms with Crippen molar-refractivity contribution in [1.29, 1.82) is 0 Å². The normalized spacial score (nSPS) is 19.1. The summed E-state index contributed by atoms with van der Waals surface area (Å²) in [4.78, 5) is 28.8. The first-order chi connectivity index (χ1) is 16.8. The molecule has 2 aliphatic heterocycles. The number of sulfonamides is 1. The Bertz CT molecular complexity index is 1160. The van der Waals surface area contributed by atoms with Crippen LogP contribution in [0.1, 0.15) is 12.0 Å². The minimum absolute atomic E-state index is 0.0203. The number of ether oxygens (including phenoxy) is 1. The van der Waals surface area contributed by atoms with E-state index in [1.807, 2.05) is 25.1 Å². The van der Waals surface area contributed by atoms with E-state index in [0.717, 1.165) is 5.69 Å². The molecule has 1 atom stereocenters. The molecular weight excluding hydrogens is 468 g/mol. The van der Waals surface area contributed by atoms with Gasteiger partial charge in [0.25, 0.3) is 0 Å². The zero-order valence-corrected chi connectivity index (χ0v) is 21.0. The van der Waals surface area contributed by atoms with Gasteiger partial charge in [-0.1, -0.05) is 12.1 Å². The molecule has 2 aromatic rings. The largest absolute Gasteiger partial charge is 0.497 e. The predicted molar refractivity (Wildman–Crippen MR) is 135 cm³/mol. The van der Waals surface area contributed by atoms with Crippen molar-refractivity contribution >= 4 is 33.2 Å². The minimum atomic E-state index is -3.48. The first-order valence-corrected chi connectivity index (χ1v) is 13.4. The second-order valence-electron chi connectivity index (χ2n) is 8.94. The van der Waals surface area contributed by atoms with E-state index in [9.17, 15) is 18.0 Å². The highest BCUT2D eigenvalue weighted by Crippen LogP contribution is 2.27. The smallest absolute Gasteiger partial charge is 0.227 e. The number of hydrogen-bond donors (Lipinski definition) is 1. The fraction of sp³-hybridized carbons (Fsp3) is 0.440. The Morgan fingerprint density at radius 3 is 2.43 bits per heavy atom. The average molecular weight is 501 g/mol. The van der Waals surface area contributed by atoms with Crippen LogP contribution in [-0.2, 0) is 19.6 Å². The van der Waals surface area contributed by atoms with Gasteiger partial charge in [-0.15, -0.1) is 0 Å². The maximum Gasteiger partial charge on any atom is 0.227 e. The van der Waals surface area contributed by atoms with Crippen LogP contribution in [0, 0.1) is 12.8 Å². The van der Waals surface area contributed by atoms with E-state index in [2.05, 4.69) is 16.3 Å². The van der Waals surface area contributed by atoms with Gasteiger partial charge in [-0.2, -0.15) is 4.31 Å². The lowest BCUT2D eigenvalue weighted by atomic mass is 10.1. The maximum absolute atomic E-state index is 12.8. The molecule has 188 valence electrons. The monoisotopic (exact) mass is 500 g/mol. The second kappa shape index (κ2) is 10.7. The molecule has 0 aliphatic carbocycles. The number of rotatable bonds is 8. The number of aryl methyl sites for hydroxylation is 1. The van der Waals surface area contributed by atoms with Crippen LogP contribution in [0.4, 0.5) is 11.4 Å². The minimum Gasteiger partial charge on any atom is -0.497 e. The Kier molecular flexibility index (Phi) is 7.61. The number of anilines is 2. The Balaban J connectivity index is 1.24. The van der Waals surface area contributed by atoms with Crippen LogP contribution in [-0.4, -0.2) is 76.7 Å². The zero-order chi connectivity index (χ0) is 25.0. The summed E-state index contributed by atoms with van der Waals surface area (Å²) in [6.07, 6.45) is 0.103. The molecule has 10 heteroatoms. The highest BCUT2D eigenvalue weighted by molar-refractivity contribution is 7.89. The molecule has 0 bridgehead atoms. The van der Waals surface area contributed by atoms with Gasteiger partial charge in [0.15, 0.2) is 0 Å². The molecule has 2 fully saturated rings. The number of nitrogens with zero attached hydrogens (tertiary/aromatic N) is 3. The molecule has 0 saturated carbocycles. The van der Waals surface area contributed by atoms with Crippen molar-refractivity contribution < 1.29 is 22.7 Å². The molecule has 0 spiro atoms. The van der Waals surface area contributed by atoms with Crippen LogP contribution in [0.15, 0.2) is 48.5 Å². The van der Waals surface area contributed by atoms with Gasteiger partial charge in [0, 0.05) is 57.1 Å². The Morgan fingerprint density at radius 2 is 1.77 bits per heavy atom. The van der Waals surface area contributed by atoms with E-state index in [-0.39, 0.29) is 37.1 Å². The van der Waals surface area contributed by atoms with E-state index in [4.69, 9.17) is 4.74 Å². The van der Waals surface area contributed by atoms with Gasteiger partial charge < -0.3 is 19.9 Å². The van der Waals surface area contributed by atoms with Crippen LogP contribution >= 0.6 is 0 Å². The van der Waals surface area contributed by atoms with E-state index >= 15 is 0 Å². The summed E-state index contributed by atoms with van der Waals surface area (Å²) in [6.45, 7) is 4.41. The number of piperazine rings is 1. The first-order valence-electron chi connectivity index (χ1n) is 11.8. The Hall–Kier alpha value is -3.11. The molecule has 4 rings (SSSR count). The summed E-state index contributed by atoms with van der Waals surface area (Å²) >= 11 is 0. The molecule has 2 amide bonds. The molecule has 2 heterocycles. The lowest BCUT2D eigenvalue weighted by molar-refractivity contribution is -0.126. The van der Waals surface area contributed by atoms with Crippen molar-refractivity contribution in [3.63, 3.8) is 0 Å². The quantitative estimate of drug-likeness (QED) is 0.592. The lowest BCUT2D eigenvalue weighted by Crippen LogP contribution is -2.50. The Labute approximate surface area is 206 Å². The summed E-state index contributed by atoms with van der Waals surface area (Å²) in [5, 5.41) is 2.72. The van der Waals surface area contributed by atoms with Crippen molar-refractivity contribution in [2.75, 3.05) is 61.9 Å². The number of hydrogen-bond acceptors (Lipinski definition) is 6. The molecule has 2 aliphatic rings. The highest BCUT2D eigenvalue weighted by atomic mass is 32.2. The van der Waals surface area contributed by atoms with Crippen molar-refractivity contribution in [3.05, 3.63) is 54.1 Å². The van der Waals surface area contributed by atoms with Crippen molar-refractivity contribution in [3.8, 4) is 5.75 Å². The summed E-state index contributed by atoms with van der Waals surface area (Å²) < 4.78 is 32.3. The molecule has 2 saturated heterocycles. The van der Waals surface area contributed by atoms with Crippen LogP contribution in [0.2, 0.25) is 0 Å². The summed E-state index contributed by atoms with van der Waals surface area (Å²) in [7, 11) is -1.91. The van der Waals surface area contributed by atoms with E-state index < -0.39 is 15.9 Å². The van der Waals surface area contributed by atoms with Crippen LogP contribution in [0.25, 0.3) is 0 Å². The van der Waals surface area contributed by atoms with Gasteiger partial charge in [0.1, 0.15) is 5.75 Å². The van der Waals surface area contributed by atoms with Gasteiger partial charge in [0.2, 0.25) is 21.8 Å². The van der Waals surface area contributed by atoms with E-state index in [1.54, 1.807) is 36.3 Å². The number of methoxy groups -OCH3 is 1. The Morgan fingerprint density at radius 1 is 1.06 bits per heavy atom. The van der Waals surface area contributed by atoms with Crippen molar-refractivity contribution in [2.45, 2.75) is 13.3 Å². The van der Waals surface area contributed by atoms with Gasteiger partial charge in [-0.05, 0) is 48.9 Å². The topological polar surface area (TPSA) is 99.3 Å². The molecule has 35 heavy (non-hydrogen) atoms. The number of carbonyl (C=O) groups is 2. The fourth-order valence-electron chi connectivity index (χ4n) is 4.52. The third-order valence-corrected chi connectivity index (χ3v) is 8.41. The SMILES string of the molecule is COc1ccc(N2CC(C(=O)NCCS(=O)(=O)N3CCN(c4cccc(C)c4)CC3)CC2=O)cc1. The predicted octanol–water partition coefficient (Wildman–Crippen LogP) is 1.62. The second-order valence-corrected chi connectivity index (χ2v) is 11.0. The van der Waals surface area contributed by atoms with Gasteiger partial charge in [-0.25, -0.2) is 8.42 Å². The molecule has 9 nitrogen and oxygen atoms in total. The molecule has 1 N–H and O–H groups in total. The summed E-state index contributed by atoms with van der Waals surface area (Å²) in [5.74, 6) is -0.410. The van der Waals surface area contributed by atoms with E-state index in [1.165, 1.54) is 9.87 Å². The van der Waals surface area contributed by atoms with Gasteiger partial charge in [0.05, 0.1) is 18.8 Å². The number of nitrogens with one attached hydrogen (secondary N) is 1. The lowest BCUT2D eigenvalue weighted by Gasteiger charge is -2.35. The summed E-state index contributed by atoms with van der Waals surface area (Å²) in [6, 6.07) is 15.3. The van der Waals surface area contributed by atoms with Crippen LogP contribution in [0.3, 0.4) is 0 Å². The molecule has 0 radical (unpaired) electrons. The molecule has 2 aromatic carbocycles. The highest BCUT2D eigenvalue weighted by Gasteiger charge is 2.35. The van der Waals surface area contributed by atoms with Crippen molar-refractivity contribution in [2.24, 2.45) is 5.92 Å². The average Bonchev–Trinajstić information content (AvgIpc) is 3.25. The molecule has 0 aromatic heterocycles. The fourth-order valence-corrected chi connectivity index (χ4v) is 5.86.